The number of nitrogens with one attached hydrogen (secondary N) is 1. The number of carbonyl (C=O) groups excluding carboxylic acids is 1. The van der Waals surface area contributed by atoms with Gasteiger partial charge in [0, 0.05) is 24.9 Å². The first kappa shape index (κ1) is 17.8. The van der Waals surface area contributed by atoms with E-state index in [1.807, 2.05) is 24.5 Å². The maximum absolute atomic E-state index is 12.0. The first-order valence-corrected chi connectivity index (χ1v) is 9.98. The molecule has 1 aliphatic carbocycles. The van der Waals surface area contributed by atoms with Crippen LogP contribution in [0.5, 0.6) is 0 Å². The third kappa shape index (κ3) is 3.89. The van der Waals surface area contributed by atoms with Gasteiger partial charge in [0.2, 0.25) is 5.91 Å². The van der Waals surface area contributed by atoms with Crippen LogP contribution in [0.1, 0.15) is 44.9 Å². The molecule has 0 saturated heterocycles. The van der Waals surface area contributed by atoms with Crippen molar-refractivity contribution in [1.82, 2.24) is 19.9 Å². The molecule has 0 spiro atoms. The second kappa shape index (κ2) is 7.94. The van der Waals surface area contributed by atoms with Gasteiger partial charge in [-0.15, -0.1) is 0 Å². The second-order valence-electron chi connectivity index (χ2n) is 7.56. The van der Waals surface area contributed by atoms with Gasteiger partial charge >= 0.3 is 0 Å². The number of rotatable bonds is 7. The molecule has 1 aliphatic rings. The van der Waals surface area contributed by atoms with Crippen LogP contribution in [0, 0.1) is 5.92 Å². The summed E-state index contributed by atoms with van der Waals surface area (Å²) in [6, 6.07) is 8.01. The van der Waals surface area contributed by atoms with Crippen LogP contribution < -0.4 is 11.1 Å². The average Bonchev–Trinajstić information content (AvgIpc) is 3.32. The molecule has 142 valence electrons. The molecule has 0 radical (unpaired) electrons. The minimum absolute atomic E-state index is 0.208. The van der Waals surface area contributed by atoms with Crippen molar-refractivity contribution in [3.05, 3.63) is 30.6 Å². The van der Waals surface area contributed by atoms with E-state index in [-0.39, 0.29) is 5.91 Å². The highest BCUT2D eigenvalue weighted by Gasteiger charge is 2.18. The molecule has 1 saturated carbocycles. The van der Waals surface area contributed by atoms with Gasteiger partial charge in [-0.1, -0.05) is 31.0 Å². The van der Waals surface area contributed by atoms with Gasteiger partial charge in [0.05, 0.1) is 17.4 Å². The Labute approximate surface area is 159 Å². The van der Waals surface area contributed by atoms with Crippen LogP contribution in [0.2, 0.25) is 0 Å². The number of nitrogen functional groups attached to an aromatic ring is 1. The first-order valence-electron chi connectivity index (χ1n) is 9.98. The zero-order valence-electron chi connectivity index (χ0n) is 15.7. The van der Waals surface area contributed by atoms with Crippen molar-refractivity contribution in [2.45, 2.75) is 51.5 Å². The number of hydrogen-bond acceptors (Lipinski definition) is 4. The summed E-state index contributed by atoms with van der Waals surface area (Å²) in [6.45, 7) is 1.59. The summed E-state index contributed by atoms with van der Waals surface area (Å²) >= 11 is 0. The Kier molecular flexibility index (Phi) is 5.23. The molecule has 0 unspecified atom stereocenters. The number of nitrogens with two attached hydrogens (primary N) is 1. The molecule has 2 aromatic heterocycles. The summed E-state index contributed by atoms with van der Waals surface area (Å²) in [7, 11) is 0. The SMILES string of the molecule is Nc1nc2ccccc2c2c1ncn2CCCCNC(=O)CC1CCCC1. The third-order valence-corrected chi connectivity index (χ3v) is 5.58. The summed E-state index contributed by atoms with van der Waals surface area (Å²) in [5, 5.41) is 4.14. The van der Waals surface area contributed by atoms with E-state index in [4.69, 9.17) is 5.73 Å². The number of unbranched alkanes of at least 4 members (excludes halogenated alkanes) is 1. The quantitative estimate of drug-likeness (QED) is 0.626. The average molecular weight is 365 g/mol. The Hall–Kier alpha value is -2.63. The Balaban J connectivity index is 1.33. The molecular weight excluding hydrogens is 338 g/mol. The summed E-state index contributed by atoms with van der Waals surface area (Å²) in [4.78, 5) is 20.9. The van der Waals surface area contributed by atoms with Crippen molar-refractivity contribution in [2.75, 3.05) is 12.3 Å². The number of carbonyl (C=O) groups is 1. The van der Waals surface area contributed by atoms with E-state index < -0.39 is 0 Å². The zero-order chi connectivity index (χ0) is 18.6. The van der Waals surface area contributed by atoms with Gasteiger partial charge in [-0.2, -0.15) is 0 Å². The molecule has 1 aromatic carbocycles. The minimum atomic E-state index is 0.208. The van der Waals surface area contributed by atoms with Gasteiger partial charge < -0.3 is 15.6 Å². The predicted octanol–water partition coefficient (Wildman–Crippen LogP) is 3.64. The number of benzene rings is 1. The molecule has 0 atom stereocenters. The van der Waals surface area contributed by atoms with Crippen LogP contribution in [-0.2, 0) is 11.3 Å². The maximum Gasteiger partial charge on any atom is 0.220 e. The molecule has 6 heteroatoms. The minimum Gasteiger partial charge on any atom is -0.382 e. The van der Waals surface area contributed by atoms with Crippen molar-refractivity contribution >= 4 is 33.7 Å². The number of nitrogens with zero attached hydrogens (tertiary/aromatic N) is 3. The number of aromatic nitrogens is 3. The van der Waals surface area contributed by atoms with Crippen LogP contribution in [0.15, 0.2) is 30.6 Å². The Bertz CT molecular complexity index is 942. The fourth-order valence-corrected chi connectivity index (χ4v) is 4.16. The Morgan fingerprint density at radius 3 is 2.89 bits per heavy atom. The zero-order valence-corrected chi connectivity index (χ0v) is 15.7. The molecule has 0 bridgehead atoms. The monoisotopic (exact) mass is 365 g/mol. The highest BCUT2D eigenvalue weighted by molar-refractivity contribution is 6.06. The topological polar surface area (TPSA) is 85.8 Å². The normalized spacial score (nSPS) is 15.0. The molecule has 3 N–H and O–H groups in total. The number of hydrogen-bond donors (Lipinski definition) is 2. The molecule has 1 amide bonds. The van der Waals surface area contributed by atoms with E-state index >= 15 is 0 Å². The number of amides is 1. The fourth-order valence-electron chi connectivity index (χ4n) is 4.16. The van der Waals surface area contributed by atoms with Crippen molar-refractivity contribution in [3.8, 4) is 0 Å². The van der Waals surface area contributed by atoms with Crippen molar-refractivity contribution < 1.29 is 4.79 Å². The molecular formula is C21H27N5O. The van der Waals surface area contributed by atoms with E-state index in [1.165, 1.54) is 25.7 Å². The van der Waals surface area contributed by atoms with Gasteiger partial charge in [0.15, 0.2) is 5.82 Å². The molecule has 3 aromatic rings. The van der Waals surface area contributed by atoms with E-state index in [0.717, 1.165) is 47.9 Å². The smallest absolute Gasteiger partial charge is 0.220 e. The highest BCUT2D eigenvalue weighted by atomic mass is 16.1. The van der Waals surface area contributed by atoms with E-state index in [9.17, 15) is 4.79 Å². The van der Waals surface area contributed by atoms with Crippen LogP contribution in [0.25, 0.3) is 21.9 Å². The van der Waals surface area contributed by atoms with Crippen molar-refractivity contribution in [1.29, 1.82) is 0 Å². The second-order valence-corrected chi connectivity index (χ2v) is 7.56. The van der Waals surface area contributed by atoms with E-state index in [2.05, 4.69) is 25.9 Å². The lowest BCUT2D eigenvalue weighted by atomic mass is 10.0. The largest absolute Gasteiger partial charge is 0.382 e. The Morgan fingerprint density at radius 2 is 2.04 bits per heavy atom. The van der Waals surface area contributed by atoms with Gasteiger partial charge in [-0.3, -0.25) is 4.79 Å². The molecule has 27 heavy (non-hydrogen) atoms. The summed E-state index contributed by atoms with van der Waals surface area (Å²) < 4.78 is 2.15. The summed E-state index contributed by atoms with van der Waals surface area (Å²) in [5.41, 5.74) is 8.78. The lowest BCUT2D eigenvalue weighted by Gasteiger charge is -2.10. The van der Waals surface area contributed by atoms with E-state index in [0.29, 0.717) is 18.2 Å². The number of para-hydroxylation sites is 1. The predicted molar refractivity (Wildman–Crippen MR) is 108 cm³/mol. The Morgan fingerprint density at radius 1 is 1.22 bits per heavy atom. The van der Waals surface area contributed by atoms with Crippen LogP contribution in [0.4, 0.5) is 5.82 Å². The lowest BCUT2D eigenvalue weighted by molar-refractivity contribution is -0.121. The van der Waals surface area contributed by atoms with E-state index in [1.54, 1.807) is 0 Å². The highest BCUT2D eigenvalue weighted by Crippen LogP contribution is 2.28. The summed E-state index contributed by atoms with van der Waals surface area (Å²) in [6.07, 6.45) is 9.47. The van der Waals surface area contributed by atoms with Gasteiger partial charge in [0.25, 0.3) is 0 Å². The van der Waals surface area contributed by atoms with Crippen LogP contribution in [0.3, 0.4) is 0 Å². The van der Waals surface area contributed by atoms with Crippen molar-refractivity contribution in [3.63, 3.8) is 0 Å². The molecule has 0 aliphatic heterocycles. The fraction of sp³-hybridized carbons (Fsp3) is 0.476. The third-order valence-electron chi connectivity index (χ3n) is 5.58. The number of aryl methyl sites for hydroxylation is 1. The summed E-state index contributed by atoms with van der Waals surface area (Å²) in [5.74, 6) is 1.29. The number of fused-ring (bicyclic) bond motifs is 3. The van der Waals surface area contributed by atoms with Crippen LogP contribution >= 0.6 is 0 Å². The van der Waals surface area contributed by atoms with Crippen LogP contribution in [-0.4, -0.2) is 27.0 Å². The number of pyridine rings is 1. The lowest BCUT2D eigenvalue weighted by Crippen LogP contribution is -2.26. The first-order chi connectivity index (χ1) is 13.2. The van der Waals surface area contributed by atoms with Gasteiger partial charge in [0.1, 0.15) is 5.52 Å². The molecule has 6 nitrogen and oxygen atoms in total. The van der Waals surface area contributed by atoms with Gasteiger partial charge in [-0.25, -0.2) is 9.97 Å². The standard InChI is InChI=1S/C21H27N5O/c22-21-19-20(16-9-3-4-10-17(16)25-21)26(14-24-19)12-6-5-11-23-18(27)13-15-7-1-2-8-15/h3-4,9-10,14-15H,1-2,5-8,11-13H2,(H2,22,25)(H,23,27). The maximum atomic E-state index is 12.0. The number of anilines is 1. The molecule has 4 rings (SSSR count). The number of imidazole rings is 1. The van der Waals surface area contributed by atoms with Gasteiger partial charge in [-0.05, 0) is 37.7 Å². The van der Waals surface area contributed by atoms with Crippen molar-refractivity contribution in [2.24, 2.45) is 5.92 Å². The molecule has 1 fully saturated rings. The molecule has 2 heterocycles.